The second-order valence-corrected chi connectivity index (χ2v) is 3.45. The summed E-state index contributed by atoms with van der Waals surface area (Å²) in [6.07, 6.45) is 0.623. The fourth-order valence-electron chi connectivity index (χ4n) is 1.33. The number of nitrogens with two attached hydrogens (primary N) is 1. The average molecular weight is 269 g/mol. The van der Waals surface area contributed by atoms with Crippen LogP contribution >= 0.6 is 0 Å². The third-order valence-corrected chi connectivity index (χ3v) is 2.14. The fourth-order valence-corrected chi connectivity index (χ4v) is 1.33. The Morgan fingerprint density at radius 1 is 1.26 bits per heavy atom. The monoisotopic (exact) mass is 269 g/mol. The van der Waals surface area contributed by atoms with Gasteiger partial charge in [0.1, 0.15) is 17.8 Å². The molecule has 0 fully saturated rings. The zero-order chi connectivity index (χ0) is 14.4. The molecule has 0 unspecified atom stereocenters. The van der Waals surface area contributed by atoms with Gasteiger partial charge in [0, 0.05) is 0 Å². The maximum atomic E-state index is 11.7. The summed E-state index contributed by atoms with van der Waals surface area (Å²) in [5, 5.41) is 3.67. The third kappa shape index (κ3) is 3.54. The summed E-state index contributed by atoms with van der Waals surface area (Å²) in [5.74, 6) is -2.19. The lowest BCUT2D eigenvalue weighted by atomic mass is 10.3. The highest BCUT2D eigenvalue weighted by molar-refractivity contribution is 6.00. The summed E-state index contributed by atoms with van der Waals surface area (Å²) in [4.78, 5) is 34.3. The van der Waals surface area contributed by atoms with E-state index >= 15 is 0 Å². The van der Waals surface area contributed by atoms with E-state index in [4.69, 9.17) is 10.5 Å². The molecule has 19 heavy (non-hydrogen) atoms. The van der Waals surface area contributed by atoms with E-state index in [9.17, 15) is 14.4 Å². The highest BCUT2D eigenvalue weighted by atomic mass is 16.5. The van der Waals surface area contributed by atoms with E-state index in [2.05, 4.69) is 9.84 Å². The zero-order valence-corrected chi connectivity index (χ0v) is 10.7. The molecule has 0 bridgehead atoms. The Morgan fingerprint density at radius 3 is 2.47 bits per heavy atom. The van der Waals surface area contributed by atoms with Crippen molar-refractivity contribution in [3.05, 3.63) is 11.8 Å². The first-order valence-electron chi connectivity index (χ1n) is 5.70. The van der Waals surface area contributed by atoms with Crippen LogP contribution in [0.3, 0.4) is 0 Å². The highest BCUT2D eigenvalue weighted by Crippen LogP contribution is 2.13. The standard InChI is InChI=1S/C11H15N3O5/c1-3-18-9(16)5-8(15)14-10(12)7(6-13-14)11(17)19-4-2/h6H,3-5,12H2,1-2H3. The molecule has 8 heteroatoms. The second-order valence-electron chi connectivity index (χ2n) is 3.45. The molecule has 1 heterocycles. The lowest BCUT2D eigenvalue weighted by Crippen LogP contribution is -2.20. The molecule has 1 aromatic heterocycles. The Kier molecular flexibility index (Phi) is 5.04. The second kappa shape index (κ2) is 6.53. The fraction of sp³-hybridized carbons (Fsp3) is 0.455. The Hall–Kier alpha value is -2.38. The SMILES string of the molecule is CCOC(=O)CC(=O)n1ncc(C(=O)OCC)c1N. The van der Waals surface area contributed by atoms with Crippen molar-refractivity contribution in [2.24, 2.45) is 0 Å². The number of carbonyl (C=O) groups excluding carboxylic acids is 3. The van der Waals surface area contributed by atoms with Gasteiger partial charge < -0.3 is 15.2 Å². The molecule has 0 atom stereocenters. The minimum Gasteiger partial charge on any atom is -0.466 e. The van der Waals surface area contributed by atoms with Crippen LogP contribution in [0.15, 0.2) is 6.20 Å². The Balaban J connectivity index is 2.82. The average Bonchev–Trinajstić information content (AvgIpc) is 2.71. The summed E-state index contributed by atoms with van der Waals surface area (Å²) >= 11 is 0. The number of rotatable bonds is 5. The maximum Gasteiger partial charge on any atom is 0.343 e. The predicted molar refractivity (Wildman–Crippen MR) is 64.5 cm³/mol. The molecule has 0 spiro atoms. The maximum absolute atomic E-state index is 11.7. The van der Waals surface area contributed by atoms with E-state index in [1.807, 2.05) is 0 Å². The first-order chi connectivity index (χ1) is 9.01. The molecular formula is C11H15N3O5. The van der Waals surface area contributed by atoms with Crippen LogP contribution in [0.2, 0.25) is 0 Å². The molecule has 0 radical (unpaired) electrons. The number of anilines is 1. The minimum atomic E-state index is -0.680. The Labute approximate surface area is 109 Å². The van der Waals surface area contributed by atoms with E-state index in [1.165, 1.54) is 0 Å². The first-order valence-corrected chi connectivity index (χ1v) is 5.70. The summed E-state index contributed by atoms with van der Waals surface area (Å²) in [6.45, 7) is 3.63. The van der Waals surface area contributed by atoms with Gasteiger partial charge in [0.2, 0.25) is 0 Å². The van der Waals surface area contributed by atoms with Gasteiger partial charge in [-0.25, -0.2) is 4.79 Å². The van der Waals surface area contributed by atoms with Crippen molar-refractivity contribution >= 4 is 23.7 Å². The summed E-state index contributed by atoms with van der Waals surface area (Å²) in [6, 6.07) is 0. The van der Waals surface area contributed by atoms with Crippen molar-refractivity contribution in [2.45, 2.75) is 20.3 Å². The molecule has 0 aliphatic heterocycles. The van der Waals surface area contributed by atoms with Crippen LogP contribution in [0.25, 0.3) is 0 Å². The molecule has 2 N–H and O–H groups in total. The summed E-state index contributed by atoms with van der Waals surface area (Å²) in [7, 11) is 0. The Bertz CT molecular complexity index is 495. The van der Waals surface area contributed by atoms with Gasteiger partial charge in [-0.3, -0.25) is 9.59 Å². The molecule has 0 amide bonds. The van der Waals surface area contributed by atoms with Crippen LogP contribution < -0.4 is 5.73 Å². The Morgan fingerprint density at radius 2 is 1.89 bits per heavy atom. The molecule has 1 aromatic rings. The quantitative estimate of drug-likeness (QED) is 0.601. The molecule has 1 rings (SSSR count). The largest absolute Gasteiger partial charge is 0.466 e. The van der Waals surface area contributed by atoms with Gasteiger partial charge in [0.05, 0.1) is 19.4 Å². The lowest BCUT2D eigenvalue weighted by molar-refractivity contribution is -0.142. The van der Waals surface area contributed by atoms with Gasteiger partial charge in [0.25, 0.3) is 5.91 Å². The van der Waals surface area contributed by atoms with Crippen LogP contribution in [0.4, 0.5) is 5.82 Å². The number of nitrogens with zero attached hydrogens (tertiary/aromatic N) is 2. The number of ether oxygens (including phenoxy) is 2. The number of nitrogen functional groups attached to an aromatic ring is 1. The molecular weight excluding hydrogens is 254 g/mol. The first kappa shape index (κ1) is 14.7. The zero-order valence-electron chi connectivity index (χ0n) is 10.7. The third-order valence-electron chi connectivity index (χ3n) is 2.14. The van der Waals surface area contributed by atoms with E-state index in [1.54, 1.807) is 13.8 Å². The van der Waals surface area contributed by atoms with Crippen molar-refractivity contribution in [3.63, 3.8) is 0 Å². The van der Waals surface area contributed by atoms with Gasteiger partial charge in [0.15, 0.2) is 0 Å². The van der Waals surface area contributed by atoms with Crippen molar-refractivity contribution in [2.75, 3.05) is 18.9 Å². The molecule has 0 aliphatic carbocycles. The van der Waals surface area contributed by atoms with Crippen LogP contribution in [0.5, 0.6) is 0 Å². The van der Waals surface area contributed by atoms with Crippen LogP contribution in [0.1, 0.15) is 35.4 Å². The van der Waals surface area contributed by atoms with Crippen molar-refractivity contribution in [1.82, 2.24) is 9.78 Å². The van der Waals surface area contributed by atoms with E-state index in [-0.39, 0.29) is 24.6 Å². The molecule has 104 valence electrons. The number of hydrogen-bond donors (Lipinski definition) is 1. The smallest absolute Gasteiger partial charge is 0.343 e. The number of aromatic nitrogens is 2. The van der Waals surface area contributed by atoms with E-state index in [0.717, 1.165) is 10.9 Å². The van der Waals surface area contributed by atoms with Gasteiger partial charge in [-0.2, -0.15) is 9.78 Å². The van der Waals surface area contributed by atoms with Gasteiger partial charge in [-0.05, 0) is 13.8 Å². The predicted octanol–water partition coefficient (Wildman–Crippen LogP) is 0.235. The van der Waals surface area contributed by atoms with Gasteiger partial charge in [-0.15, -0.1) is 0 Å². The molecule has 8 nitrogen and oxygen atoms in total. The number of carbonyl (C=O) groups is 3. The molecule has 0 saturated carbocycles. The van der Waals surface area contributed by atoms with Crippen molar-refractivity contribution < 1.29 is 23.9 Å². The highest BCUT2D eigenvalue weighted by Gasteiger charge is 2.21. The molecule has 0 saturated heterocycles. The van der Waals surface area contributed by atoms with Crippen molar-refractivity contribution in [3.8, 4) is 0 Å². The van der Waals surface area contributed by atoms with E-state index < -0.39 is 24.3 Å². The molecule has 0 aromatic carbocycles. The van der Waals surface area contributed by atoms with E-state index in [0.29, 0.717) is 0 Å². The summed E-state index contributed by atoms with van der Waals surface area (Å²) < 4.78 is 10.2. The normalized spacial score (nSPS) is 10.0. The topological polar surface area (TPSA) is 114 Å². The van der Waals surface area contributed by atoms with Crippen LogP contribution in [-0.2, 0) is 14.3 Å². The number of hydrogen-bond acceptors (Lipinski definition) is 7. The minimum absolute atomic E-state index is 0.0148. The van der Waals surface area contributed by atoms with Gasteiger partial charge in [-0.1, -0.05) is 0 Å². The summed E-state index contributed by atoms with van der Waals surface area (Å²) in [5.41, 5.74) is 5.60. The van der Waals surface area contributed by atoms with Crippen molar-refractivity contribution in [1.29, 1.82) is 0 Å². The van der Waals surface area contributed by atoms with Crippen LogP contribution in [0, 0.1) is 0 Å². The molecule has 0 aliphatic rings. The van der Waals surface area contributed by atoms with Gasteiger partial charge >= 0.3 is 11.9 Å². The number of esters is 2. The lowest BCUT2D eigenvalue weighted by Gasteiger charge is -2.04. The van der Waals surface area contributed by atoms with Crippen LogP contribution in [-0.4, -0.2) is 40.8 Å².